The quantitative estimate of drug-likeness (QED) is 0.486. The second-order valence-corrected chi connectivity index (χ2v) is 6.29. The van der Waals surface area contributed by atoms with E-state index in [0.29, 0.717) is 18.2 Å². The minimum absolute atomic E-state index is 0.147. The fraction of sp³-hybridized carbons (Fsp3) is 0.278. The summed E-state index contributed by atoms with van der Waals surface area (Å²) in [5.74, 6) is 0.851. The van der Waals surface area contributed by atoms with Crippen LogP contribution in [-0.2, 0) is 0 Å². The van der Waals surface area contributed by atoms with Crippen LogP contribution >= 0.6 is 0 Å². The highest BCUT2D eigenvalue weighted by Gasteiger charge is 2.23. The van der Waals surface area contributed by atoms with Crippen molar-refractivity contribution in [2.45, 2.75) is 20.3 Å². The Morgan fingerprint density at radius 2 is 1.92 bits per heavy atom. The van der Waals surface area contributed by atoms with Gasteiger partial charge >= 0.3 is 5.69 Å². The summed E-state index contributed by atoms with van der Waals surface area (Å²) in [5, 5.41) is 18.6. The van der Waals surface area contributed by atoms with Gasteiger partial charge in [0.05, 0.1) is 10.4 Å². The number of benzene rings is 1. The average molecular weight is 352 g/mol. The molecule has 3 rings (SSSR count). The molecular weight excluding hydrogens is 332 g/mol. The fourth-order valence-electron chi connectivity index (χ4n) is 2.59. The van der Waals surface area contributed by atoms with Crippen LogP contribution in [0.2, 0.25) is 0 Å². The molecule has 2 aromatic heterocycles. The SMILES string of the molecule is CC(C)CCNc1ncnc(Nc2cccc3ncccc23)c1[N+](=O)[O-]. The fourth-order valence-corrected chi connectivity index (χ4v) is 2.59. The molecule has 0 aliphatic heterocycles. The molecule has 0 atom stereocenters. The monoisotopic (exact) mass is 352 g/mol. The third-order valence-electron chi connectivity index (χ3n) is 3.92. The first-order valence-electron chi connectivity index (χ1n) is 8.40. The standard InChI is InChI=1S/C18H20N6O2/c1-12(2)8-10-20-17-16(24(25)26)18(22-11-21-17)23-15-7-3-6-14-13(15)5-4-9-19-14/h3-7,9,11-12H,8,10H2,1-2H3,(H2,20,21,22,23). The highest BCUT2D eigenvalue weighted by Crippen LogP contribution is 2.33. The normalized spacial score (nSPS) is 10.9. The molecular formula is C18H20N6O2. The molecule has 26 heavy (non-hydrogen) atoms. The number of nitrogens with zero attached hydrogens (tertiary/aromatic N) is 4. The van der Waals surface area contributed by atoms with Crippen LogP contribution in [0, 0.1) is 16.0 Å². The molecule has 2 N–H and O–H groups in total. The predicted molar refractivity (Wildman–Crippen MR) is 102 cm³/mol. The van der Waals surface area contributed by atoms with Crippen LogP contribution in [0.15, 0.2) is 42.9 Å². The summed E-state index contributed by atoms with van der Waals surface area (Å²) in [6.07, 6.45) is 3.91. The Hall–Kier alpha value is -3.29. The first kappa shape index (κ1) is 17.5. The lowest BCUT2D eigenvalue weighted by molar-refractivity contribution is -0.383. The van der Waals surface area contributed by atoms with E-state index in [1.807, 2.05) is 30.3 Å². The Kier molecular flexibility index (Phi) is 5.21. The third-order valence-corrected chi connectivity index (χ3v) is 3.92. The highest BCUT2D eigenvalue weighted by molar-refractivity contribution is 5.93. The molecule has 0 unspecified atom stereocenters. The molecule has 8 heteroatoms. The van der Waals surface area contributed by atoms with Crippen LogP contribution in [0.4, 0.5) is 23.0 Å². The van der Waals surface area contributed by atoms with Gasteiger partial charge in [-0.2, -0.15) is 0 Å². The van der Waals surface area contributed by atoms with Gasteiger partial charge in [-0.3, -0.25) is 15.1 Å². The molecule has 0 radical (unpaired) electrons. The minimum atomic E-state index is -0.469. The van der Waals surface area contributed by atoms with Gasteiger partial charge in [0.15, 0.2) is 0 Å². The van der Waals surface area contributed by atoms with Gasteiger partial charge in [-0.05, 0) is 36.6 Å². The lowest BCUT2D eigenvalue weighted by Crippen LogP contribution is -2.10. The molecule has 0 aliphatic rings. The summed E-state index contributed by atoms with van der Waals surface area (Å²) in [7, 11) is 0. The summed E-state index contributed by atoms with van der Waals surface area (Å²) >= 11 is 0. The van der Waals surface area contributed by atoms with Crippen molar-refractivity contribution in [2.75, 3.05) is 17.2 Å². The highest BCUT2D eigenvalue weighted by atomic mass is 16.6. The molecule has 0 bridgehead atoms. The predicted octanol–water partition coefficient (Wildman–Crippen LogP) is 4.13. The zero-order valence-corrected chi connectivity index (χ0v) is 14.6. The molecule has 2 heterocycles. The number of anilines is 3. The van der Waals surface area contributed by atoms with E-state index < -0.39 is 4.92 Å². The molecule has 0 amide bonds. The van der Waals surface area contributed by atoms with Gasteiger partial charge in [0.25, 0.3) is 0 Å². The van der Waals surface area contributed by atoms with Crippen LogP contribution in [0.3, 0.4) is 0 Å². The Bertz CT molecular complexity index is 923. The summed E-state index contributed by atoms with van der Waals surface area (Å²) < 4.78 is 0. The molecule has 0 saturated carbocycles. The second kappa shape index (κ2) is 7.73. The summed E-state index contributed by atoms with van der Waals surface area (Å²) in [6.45, 7) is 4.79. The van der Waals surface area contributed by atoms with E-state index in [2.05, 4.69) is 39.4 Å². The Morgan fingerprint density at radius 1 is 1.12 bits per heavy atom. The summed E-state index contributed by atoms with van der Waals surface area (Å²) in [5.41, 5.74) is 1.33. The molecule has 3 aromatic rings. The molecule has 0 saturated heterocycles. The van der Waals surface area contributed by atoms with E-state index in [4.69, 9.17) is 0 Å². The van der Waals surface area contributed by atoms with Gasteiger partial charge in [-0.15, -0.1) is 0 Å². The molecule has 0 fully saturated rings. The van der Waals surface area contributed by atoms with Crippen molar-refractivity contribution in [1.29, 1.82) is 0 Å². The third kappa shape index (κ3) is 3.85. The van der Waals surface area contributed by atoms with Crippen LogP contribution in [0.1, 0.15) is 20.3 Å². The van der Waals surface area contributed by atoms with E-state index in [9.17, 15) is 10.1 Å². The number of nitro groups is 1. The van der Waals surface area contributed by atoms with E-state index >= 15 is 0 Å². The molecule has 0 spiro atoms. The number of pyridine rings is 1. The maximum atomic E-state index is 11.6. The Balaban J connectivity index is 1.95. The zero-order chi connectivity index (χ0) is 18.5. The number of fused-ring (bicyclic) bond motifs is 1. The number of aromatic nitrogens is 3. The summed E-state index contributed by atoms with van der Waals surface area (Å²) in [4.78, 5) is 23.6. The van der Waals surface area contributed by atoms with Gasteiger partial charge < -0.3 is 10.6 Å². The first-order chi connectivity index (χ1) is 12.6. The molecule has 134 valence electrons. The van der Waals surface area contributed by atoms with E-state index in [1.165, 1.54) is 6.33 Å². The van der Waals surface area contributed by atoms with Crippen LogP contribution in [-0.4, -0.2) is 26.4 Å². The van der Waals surface area contributed by atoms with Gasteiger partial charge in [0.1, 0.15) is 6.33 Å². The number of rotatable bonds is 7. The molecule has 0 aliphatic carbocycles. The van der Waals surface area contributed by atoms with Crippen molar-refractivity contribution in [3.63, 3.8) is 0 Å². The zero-order valence-electron chi connectivity index (χ0n) is 14.6. The van der Waals surface area contributed by atoms with Gasteiger partial charge in [-0.1, -0.05) is 19.9 Å². The van der Waals surface area contributed by atoms with Crippen molar-refractivity contribution in [2.24, 2.45) is 5.92 Å². The van der Waals surface area contributed by atoms with Crippen molar-refractivity contribution >= 4 is 33.9 Å². The maximum Gasteiger partial charge on any atom is 0.353 e. The van der Waals surface area contributed by atoms with Gasteiger partial charge in [-0.25, -0.2) is 9.97 Å². The van der Waals surface area contributed by atoms with Crippen molar-refractivity contribution < 1.29 is 4.92 Å². The van der Waals surface area contributed by atoms with E-state index in [1.54, 1.807) is 6.20 Å². The van der Waals surface area contributed by atoms with Gasteiger partial charge in [0.2, 0.25) is 11.6 Å². The van der Waals surface area contributed by atoms with Crippen LogP contribution in [0.25, 0.3) is 10.9 Å². The lowest BCUT2D eigenvalue weighted by atomic mass is 10.1. The Morgan fingerprint density at radius 3 is 2.69 bits per heavy atom. The van der Waals surface area contributed by atoms with Gasteiger partial charge in [0, 0.05) is 23.8 Å². The molecule has 8 nitrogen and oxygen atoms in total. The largest absolute Gasteiger partial charge is 0.364 e. The van der Waals surface area contributed by atoms with Crippen LogP contribution < -0.4 is 10.6 Å². The maximum absolute atomic E-state index is 11.6. The first-order valence-corrected chi connectivity index (χ1v) is 8.40. The van der Waals surface area contributed by atoms with Crippen LogP contribution in [0.5, 0.6) is 0 Å². The van der Waals surface area contributed by atoms with Crippen molar-refractivity contribution in [1.82, 2.24) is 15.0 Å². The number of hydrogen-bond acceptors (Lipinski definition) is 7. The minimum Gasteiger partial charge on any atom is -0.364 e. The smallest absolute Gasteiger partial charge is 0.353 e. The van der Waals surface area contributed by atoms with E-state index in [0.717, 1.165) is 17.3 Å². The number of nitrogens with one attached hydrogen (secondary N) is 2. The summed E-state index contributed by atoms with van der Waals surface area (Å²) in [6, 6.07) is 9.28. The van der Waals surface area contributed by atoms with Crippen molar-refractivity contribution in [3.8, 4) is 0 Å². The number of hydrogen-bond donors (Lipinski definition) is 2. The molecule has 1 aromatic carbocycles. The topological polar surface area (TPSA) is 106 Å². The van der Waals surface area contributed by atoms with Crippen molar-refractivity contribution in [3.05, 3.63) is 53.0 Å². The average Bonchev–Trinajstić information content (AvgIpc) is 2.61. The Labute approximate surface area is 150 Å². The van der Waals surface area contributed by atoms with E-state index in [-0.39, 0.29) is 17.3 Å². The lowest BCUT2D eigenvalue weighted by Gasteiger charge is -2.12. The second-order valence-electron chi connectivity index (χ2n) is 6.29.